The van der Waals surface area contributed by atoms with Crippen molar-refractivity contribution in [1.29, 1.82) is 0 Å². The molecule has 8 heteroatoms. The molecule has 0 radical (unpaired) electrons. The van der Waals surface area contributed by atoms with Gasteiger partial charge >= 0.3 is 0 Å². The van der Waals surface area contributed by atoms with E-state index in [1.54, 1.807) is 30.3 Å². The first-order valence-electron chi connectivity index (χ1n) is 9.60. The number of nitro benzene ring substituents is 1. The molecule has 0 atom stereocenters. The van der Waals surface area contributed by atoms with Gasteiger partial charge < -0.3 is 19.7 Å². The number of hydrogen-bond acceptors (Lipinski definition) is 6. The minimum atomic E-state index is -0.428. The Morgan fingerprint density at radius 1 is 1.00 bits per heavy atom. The number of amides is 1. The van der Waals surface area contributed by atoms with Crippen molar-refractivity contribution in [1.82, 2.24) is 0 Å². The lowest BCUT2D eigenvalue weighted by Gasteiger charge is -2.22. The van der Waals surface area contributed by atoms with Crippen molar-refractivity contribution >= 4 is 23.0 Å². The summed E-state index contributed by atoms with van der Waals surface area (Å²) >= 11 is 0. The molecule has 8 nitrogen and oxygen atoms in total. The highest BCUT2D eigenvalue weighted by molar-refractivity contribution is 6.05. The fourth-order valence-electron chi connectivity index (χ4n) is 3.51. The van der Waals surface area contributed by atoms with E-state index in [0.29, 0.717) is 22.9 Å². The van der Waals surface area contributed by atoms with Crippen LogP contribution in [0, 0.1) is 10.1 Å². The molecule has 1 aliphatic heterocycles. The van der Waals surface area contributed by atoms with Crippen LogP contribution in [0.4, 0.5) is 17.1 Å². The van der Waals surface area contributed by atoms with E-state index in [-0.39, 0.29) is 11.3 Å². The number of methoxy groups -OCH3 is 2. The van der Waals surface area contributed by atoms with Crippen LogP contribution in [-0.2, 0) is 0 Å². The Morgan fingerprint density at radius 3 is 2.31 bits per heavy atom. The van der Waals surface area contributed by atoms with Gasteiger partial charge in [-0.05, 0) is 37.1 Å². The van der Waals surface area contributed by atoms with E-state index in [0.717, 1.165) is 38.8 Å². The van der Waals surface area contributed by atoms with Crippen molar-refractivity contribution in [3.8, 4) is 11.5 Å². The number of nitro groups is 1. The van der Waals surface area contributed by atoms with E-state index < -0.39 is 10.8 Å². The van der Waals surface area contributed by atoms with Crippen LogP contribution >= 0.6 is 0 Å². The molecule has 0 spiro atoms. The minimum absolute atomic E-state index is 0.0492. The maximum absolute atomic E-state index is 12.7. The second-order valence-corrected chi connectivity index (χ2v) is 6.89. The summed E-state index contributed by atoms with van der Waals surface area (Å²) in [4.78, 5) is 25.9. The molecule has 1 aliphatic rings. The molecule has 1 heterocycles. The number of hydrogen-bond donors (Lipinski definition) is 1. The number of nitrogens with zero attached hydrogens (tertiary/aromatic N) is 2. The summed E-state index contributed by atoms with van der Waals surface area (Å²) in [6.07, 6.45) is 4.30. The summed E-state index contributed by atoms with van der Waals surface area (Å²) in [6, 6.07) is 9.64. The molecule has 0 aliphatic carbocycles. The maximum atomic E-state index is 12.7. The van der Waals surface area contributed by atoms with Gasteiger partial charge in [0.05, 0.1) is 19.1 Å². The highest BCUT2D eigenvalue weighted by Crippen LogP contribution is 2.32. The molecule has 2 aromatic carbocycles. The first-order valence-corrected chi connectivity index (χ1v) is 9.60. The summed E-state index contributed by atoms with van der Waals surface area (Å²) in [5, 5.41) is 14.4. The SMILES string of the molecule is COc1ccc(NC(=O)c2ccc(N3CCCCCC3)c([N+](=O)[O-])c2)cc1OC. The van der Waals surface area contributed by atoms with E-state index in [1.807, 2.05) is 4.90 Å². The Bertz CT molecular complexity index is 892. The van der Waals surface area contributed by atoms with Crippen molar-refractivity contribution < 1.29 is 19.2 Å². The molecule has 0 saturated carbocycles. The largest absolute Gasteiger partial charge is 0.493 e. The normalized spacial score (nSPS) is 14.1. The zero-order valence-electron chi connectivity index (χ0n) is 16.6. The van der Waals surface area contributed by atoms with Crippen LogP contribution in [0.15, 0.2) is 36.4 Å². The monoisotopic (exact) mass is 399 g/mol. The molecule has 0 bridgehead atoms. The van der Waals surface area contributed by atoms with Crippen LogP contribution in [0.5, 0.6) is 11.5 Å². The van der Waals surface area contributed by atoms with Gasteiger partial charge in [0.2, 0.25) is 0 Å². The Labute approximate surface area is 169 Å². The summed E-state index contributed by atoms with van der Waals surface area (Å²) in [5.41, 5.74) is 1.25. The first-order chi connectivity index (χ1) is 14.0. The van der Waals surface area contributed by atoms with Crippen molar-refractivity contribution in [2.24, 2.45) is 0 Å². The third kappa shape index (κ3) is 4.77. The predicted octanol–water partition coefficient (Wildman–Crippen LogP) is 4.24. The van der Waals surface area contributed by atoms with Crippen molar-refractivity contribution in [3.05, 3.63) is 52.1 Å². The molecule has 3 rings (SSSR count). The Balaban J connectivity index is 1.84. The van der Waals surface area contributed by atoms with Gasteiger partial charge in [0.25, 0.3) is 11.6 Å². The van der Waals surface area contributed by atoms with E-state index in [9.17, 15) is 14.9 Å². The Morgan fingerprint density at radius 2 is 1.69 bits per heavy atom. The van der Waals surface area contributed by atoms with E-state index >= 15 is 0 Å². The molecule has 1 amide bonds. The number of ether oxygens (including phenoxy) is 2. The van der Waals surface area contributed by atoms with Gasteiger partial charge in [-0.3, -0.25) is 14.9 Å². The van der Waals surface area contributed by atoms with Gasteiger partial charge in [0.15, 0.2) is 11.5 Å². The molecule has 0 unspecified atom stereocenters. The van der Waals surface area contributed by atoms with Gasteiger partial charge in [-0.1, -0.05) is 12.8 Å². The average Bonchev–Trinajstić information content (AvgIpc) is 3.02. The fraction of sp³-hybridized carbons (Fsp3) is 0.381. The number of rotatable bonds is 6. The fourth-order valence-corrected chi connectivity index (χ4v) is 3.51. The quantitative estimate of drug-likeness (QED) is 0.577. The van der Waals surface area contributed by atoms with Crippen LogP contribution in [0.3, 0.4) is 0 Å². The highest BCUT2D eigenvalue weighted by atomic mass is 16.6. The van der Waals surface area contributed by atoms with Gasteiger partial charge in [-0.2, -0.15) is 0 Å². The van der Waals surface area contributed by atoms with Gasteiger partial charge in [-0.15, -0.1) is 0 Å². The lowest BCUT2D eigenvalue weighted by atomic mass is 10.1. The van der Waals surface area contributed by atoms with Gasteiger partial charge in [-0.25, -0.2) is 0 Å². The number of benzene rings is 2. The molecule has 29 heavy (non-hydrogen) atoms. The van der Waals surface area contributed by atoms with Crippen LogP contribution in [0.25, 0.3) is 0 Å². The molecular formula is C21H25N3O5. The first kappa shape index (κ1) is 20.4. The Hall–Kier alpha value is -3.29. The lowest BCUT2D eigenvalue weighted by molar-refractivity contribution is -0.384. The molecular weight excluding hydrogens is 374 g/mol. The van der Waals surface area contributed by atoms with E-state index in [4.69, 9.17) is 9.47 Å². The maximum Gasteiger partial charge on any atom is 0.293 e. The van der Waals surface area contributed by atoms with Crippen LogP contribution < -0.4 is 19.7 Å². The average molecular weight is 399 g/mol. The second kappa shape index (κ2) is 9.27. The number of nitrogens with one attached hydrogen (secondary N) is 1. The summed E-state index contributed by atoms with van der Waals surface area (Å²) < 4.78 is 10.4. The zero-order chi connectivity index (χ0) is 20.8. The summed E-state index contributed by atoms with van der Waals surface area (Å²) in [5.74, 6) is 0.596. The zero-order valence-corrected chi connectivity index (χ0v) is 16.6. The smallest absolute Gasteiger partial charge is 0.293 e. The second-order valence-electron chi connectivity index (χ2n) is 6.89. The number of carbonyl (C=O) groups excluding carboxylic acids is 1. The van der Waals surface area contributed by atoms with Gasteiger partial charge in [0.1, 0.15) is 5.69 Å². The predicted molar refractivity (Wildman–Crippen MR) is 111 cm³/mol. The highest BCUT2D eigenvalue weighted by Gasteiger charge is 2.23. The minimum Gasteiger partial charge on any atom is -0.493 e. The molecule has 1 N–H and O–H groups in total. The molecule has 154 valence electrons. The van der Waals surface area contributed by atoms with Crippen molar-refractivity contribution in [2.45, 2.75) is 25.7 Å². The summed E-state index contributed by atoms with van der Waals surface area (Å²) in [6.45, 7) is 1.58. The third-order valence-electron chi connectivity index (χ3n) is 5.02. The standard InChI is InChI=1S/C21H25N3O5/c1-28-19-10-8-16(14-20(19)29-2)22-21(25)15-7-9-17(18(13-15)24(26)27)23-11-5-3-4-6-12-23/h7-10,13-14H,3-6,11-12H2,1-2H3,(H,22,25). The van der Waals surface area contributed by atoms with Crippen LogP contribution in [0.1, 0.15) is 36.0 Å². The molecule has 1 saturated heterocycles. The summed E-state index contributed by atoms with van der Waals surface area (Å²) in [7, 11) is 3.04. The number of carbonyl (C=O) groups is 1. The van der Waals surface area contributed by atoms with Crippen molar-refractivity contribution in [3.63, 3.8) is 0 Å². The van der Waals surface area contributed by atoms with E-state index in [1.165, 1.54) is 20.3 Å². The molecule has 0 aromatic heterocycles. The number of anilines is 2. The van der Waals surface area contributed by atoms with Crippen LogP contribution in [0.2, 0.25) is 0 Å². The molecule has 2 aromatic rings. The molecule has 1 fully saturated rings. The third-order valence-corrected chi connectivity index (χ3v) is 5.02. The lowest BCUT2D eigenvalue weighted by Crippen LogP contribution is -2.25. The van der Waals surface area contributed by atoms with Crippen LogP contribution in [-0.4, -0.2) is 38.1 Å². The van der Waals surface area contributed by atoms with Crippen molar-refractivity contribution in [2.75, 3.05) is 37.5 Å². The van der Waals surface area contributed by atoms with Gasteiger partial charge in [0, 0.05) is 36.5 Å². The Kier molecular flexibility index (Phi) is 6.54. The van der Waals surface area contributed by atoms with E-state index in [2.05, 4.69) is 5.32 Å². The topological polar surface area (TPSA) is 93.9 Å².